The van der Waals surface area contributed by atoms with Crippen molar-refractivity contribution in [2.45, 2.75) is 36.8 Å². The molecule has 9 heteroatoms. The van der Waals surface area contributed by atoms with Crippen LogP contribution in [0.5, 0.6) is 11.5 Å². The first kappa shape index (κ1) is 19.7. The Balaban J connectivity index is 2.07. The normalized spacial score (nSPS) is 28.7. The summed E-state index contributed by atoms with van der Waals surface area (Å²) < 4.78 is 9.50. The molecule has 5 N–H and O–H groups in total. The fourth-order valence-corrected chi connectivity index (χ4v) is 2.72. The van der Waals surface area contributed by atoms with Gasteiger partial charge in [-0.15, -0.1) is 0 Å². The molecule has 0 saturated heterocycles. The highest BCUT2D eigenvalue weighted by molar-refractivity contribution is 5.87. The van der Waals surface area contributed by atoms with Crippen molar-refractivity contribution in [3.8, 4) is 11.5 Å². The maximum absolute atomic E-state index is 11.9. The van der Waals surface area contributed by atoms with E-state index in [1.165, 1.54) is 24.3 Å². The number of aliphatic hydroxyl groups excluding tert-OH is 2. The van der Waals surface area contributed by atoms with Gasteiger partial charge in [0.1, 0.15) is 12.2 Å². The lowest BCUT2D eigenvalue weighted by Crippen LogP contribution is -2.57. The summed E-state index contributed by atoms with van der Waals surface area (Å²) in [6.45, 7) is 0. The fraction of sp³-hybridized carbons (Fsp3) is 0.412. The zero-order valence-electron chi connectivity index (χ0n) is 13.9. The van der Waals surface area contributed by atoms with E-state index in [1.807, 2.05) is 0 Å². The molecule has 0 bridgehead atoms. The second-order valence-electron chi connectivity index (χ2n) is 6.05. The van der Waals surface area contributed by atoms with Gasteiger partial charge in [-0.3, -0.25) is 0 Å². The first-order valence-electron chi connectivity index (χ1n) is 7.74. The number of phenols is 2. The first-order valence-corrected chi connectivity index (χ1v) is 7.74. The van der Waals surface area contributed by atoms with Gasteiger partial charge in [0, 0.05) is 18.9 Å². The van der Waals surface area contributed by atoms with Crippen LogP contribution in [-0.2, 0) is 19.1 Å². The van der Waals surface area contributed by atoms with Crippen LogP contribution in [0.1, 0.15) is 18.4 Å². The largest absolute Gasteiger partial charge is 0.504 e. The summed E-state index contributed by atoms with van der Waals surface area (Å²) in [7, 11) is 1.06. The molecular weight excluding hydrogens is 348 g/mol. The van der Waals surface area contributed by atoms with Crippen molar-refractivity contribution in [1.29, 1.82) is 0 Å². The predicted molar refractivity (Wildman–Crippen MR) is 86.9 cm³/mol. The van der Waals surface area contributed by atoms with Gasteiger partial charge in [-0.1, -0.05) is 6.07 Å². The molecule has 0 aromatic heterocycles. The Labute approximate surface area is 148 Å². The molecule has 0 spiro atoms. The number of rotatable bonds is 4. The van der Waals surface area contributed by atoms with Crippen LogP contribution >= 0.6 is 0 Å². The van der Waals surface area contributed by atoms with Crippen LogP contribution in [0.25, 0.3) is 6.08 Å². The number of phenolic OH excluding ortho intramolecular Hbond substituents is 2. The lowest BCUT2D eigenvalue weighted by Gasteiger charge is -2.39. The Morgan fingerprint density at radius 3 is 2.50 bits per heavy atom. The van der Waals surface area contributed by atoms with Gasteiger partial charge in [-0.2, -0.15) is 0 Å². The lowest BCUT2D eigenvalue weighted by molar-refractivity contribution is -0.198. The van der Waals surface area contributed by atoms with Gasteiger partial charge in [0.15, 0.2) is 17.1 Å². The Hall–Kier alpha value is -2.62. The molecule has 2 rings (SSSR count). The smallest absolute Gasteiger partial charge is 0.338 e. The lowest BCUT2D eigenvalue weighted by atomic mass is 9.79. The summed E-state index contributed by atoms with van der Waals surface area (Å²) in [5, 5.41) is 48.7. The minimum atomic E-state index is -2.08. The molecule has 1 aromatic rings. The molecule has 26 heavy (non-hydrogen) atoms. The molecule has 0 heterocycles. The number of aromatic hydroxyl groups is 2. The number of hydrogen-bond acceptors (Lipinski definition) is 9. The standard InChI is InChI=1S/C17H20O9/c1-25-16(23)17(24)7-12(20)15(22)13(8-17)26-14(21)5-3-9-2-4-10(18)11(19)6-9/h2-6,12-13,15,18-20,22,24H,7-8H2,1H3/t12-,13-,15-,17?/m1/s1. The monoisotopic (exact) mass is 368 g/mol. The second kappa shape index (κ2) is 7.73. The SMILES string of the molecule is COC(=O)C1(O)C[C@@H](O)[C@@H](O)[C@H](OC(=O)C=Cc2ccc(O)c(O)c2)C1. The second-order valence-corrected chi connectivity index (χ2v) is 6.05. The quantitative estimate of drug-likeness (QED) is 0.267. The van der Waals surface area contributed by atoms with Gasteiger partial charge in [0.25, 0.3) is 0 Å². The van der Waals surface area contributed by atoms with E-state index in [1.54, 1.807) is 0 Å². The van der Waals surface area contributed by atoms with Crippen molar-refractivity contribution in [3.05, 3.63) is 29.8 Å². The summed E-state index contributed by atoms with van der Waals surface area (Å²) in [4.78, 5) is 23.6. The number of carbonyl (C=O) groups excluding carboxylic acids is 2. The van der Waals surface area contributed by atoms with Crippen LogP contribution in [0, 0.1) is 0 Å². The third kappa shape index (κ3) is 4.31. The highest BCUT2D eigenvalue weighted by atomic mass is 16.6. The minimum Gasteiger partial charge on any atom is -0.504 e. The predicted octanol–water partition coefficient (Wildman–Crippen LogP) is -0.558. The van der Waals surface area contributed by atoms with Crippen molar-refractivity contribution in [2.75, 3.05) is 7.11 Å². The van der Waals surface area contributed by atoms with Gasteiger partial charge in [0.05, 0.1) is 13.2 Å². The molecule has 1 aliphatic carbocycles. The van der Waals surface area contributed by atoms with Crippen LogP contribution < -0.4 is 0 Å². The molecule has 1 unspecified atom stereocenters. The number of carbonyl (C=O) groups is 2. The summed E-state index contributed by atoms with van der Waals surface area (Å²) in [5.41, 5.74) is -1.68. The molecule has 1 aliphatic rings. The zero-order chi connectivity index (χ0) is 19.5. The molecular formula is C17H20O9. The zero-order valence-corrected chi connectivity index (χ0v) is 13.9. The van der Waals surface area contributed by atoms with Gasteiger partial charge >= 0.3 is 11.9 Å². The number of aliphatic hydroxyl groups is 3. The molecule has 9 nitrogen and oxygen atoms in total. The molecule has 1 saturated carbocycles. The first-order chi connectivity index (χ1) is 12.2. The van der Waals surface area contributed by atoms with E-state index in [0.29, 0.717) is 5.56 Å². The third-order valence-corrected chi connectivity index (χ3v) is 4.11. The van der Waals surface area contributed by atoms with E-state index in [2.05, 4.69) is 4.74 Å². The molecule has 0 radical (unpaired) electrons. The van der Waals surface area contributed by atoms with Crippen LogP contribution in [-0.4, -0.2) is 68.5 Å². The maximum atomic E-state index is 11.9. The van der Waals surface area contributed by atoms with Gasteiger partial charge in [0.2, 0.25) is 0 Å². The minimum absolute atomic E-state index is 0.314. The molecule has 1 aromatic carbocycles. The van der Waals surface area contributed by atoms with E-state index in [-0.39, 0.29) is 11.5 Å². The Morgan fingerprint density at radius 1 is 1.19 bits per heavy atom. The van der Waals surface area contributed by atoms with E-state index in [4.69, 9.17) is 4.74 Å². The number of hydrogen-bond donors (Lipinski definition) is 5. The third-order valence-electron chi connectivity index (χ3n) is 4.11. The molecule has 0 amide bonds. The van der Waals surface area contributed by atoms with Crippen molar-refractivity contribution in [1.82, 2.24) is 0 Å². The van der Waals surface area contributed by atoms with E-state index in [9.17, 15) is 35.1 Å². The average molecular weight is 368 g/mol. The summed E-state index contributed by atoms with van der Waals surface area (Å²) >= 11 is 0. The van der Waals surface area contributed by atoms with E-state index in [0.717, 1.165) is 13.2 Å². The van der Waals surface area contributed by atoms with Crippen molar-refractivity contribution in [2.24, 2.45) is 0 Å². The molecule has 0 aliphatic heterocycles. The van der Waals surface area contributed by atoms with Crippen molar-refractivity contribution in [3.63, 3.8) is 0 Å². The Morgan fingerprint density at radius 2 is 1.88 bits per heavy atom. The number of ether oxygens (including phenoxy) is 2. The summed E-state index contributed by atoms with van der Waals surface area (Å²) in [6, 6.07) is 3.89. The Kier molecular flexibility index (Phi) is 5.86. The summed E-state index contributed by atoms with van der Waals surface area (Å²) in [5.74, 6) is -2.58. The molecule has 142 valence electrons. The number of benzene rings is 1. The van der Waals surface area contributed by atoms with Crippen LogP contribution in [0.2, 0.25) is 0 Å². The van der Waals surface area contributed by atoms with E-state index >= 15 is 0 Å². The van der Waals surface area contributed by atoms with Gasteiger partial charge < -0.3 is 35.0 Å². The fourth-order valence-electron chi connectivity index (χ4n) is 2.72. The van der Waals surface area contributed by atoms with Crippen molar-refractivity contribution < 1.29 is 44.6 Å². The Bertz CT molecular complexity index is 714. The molecule has 1 fully saturated rings. The van der Waals surface area contributed by atoms with Gasteiger partial charge in [-0.25, -0.2) is 9.59 Å². The summed E-state index contributed by atoms with van der Waals surface area (Å²) in [6.07, 6.45) is -2.88. The topological polar surface area (TPSA) is 154 Å². The number of esters is 2. The van der Waals surface area contributed by atoms with E-state index < -0.39 is 48.7 Å². The van der Waals surface area contributed by atoms with Crippen molar-refractivity contribution >= 4 is 18.0 Å². The van der Waals surface area contributed by atoms with Crippen LogP contribution in [0.15, 0.2) is 24.3 Å². The van der Waals surface area contributed by atoms with Crippen LogP contribution in [0.4, 0.5) is 0 Å². The maximum Gasteiger partial charge on any atom is 0.338 e. The van der Waals surface area contributed by atoms with Crippen LogP contribution in [0.3, 0.4) is 0 Å². The van der Waals surface area contributed by atoms with Gasteiger partial charge in [-0.05, 0) is 23.8 Å². The highest BCUT2D eigenvalue weighted by Crippen LogP contribution is 2.32. The average Bonchev–Trinajstić information content (AvgIpc) is 2.59. The molecule has 4 atom stereocenters. The number of methoxy groups -OCH3 is 1. The highest BCUT2D eigenvalue weighted by Gasteiger charge is 2.50.